The lowest BCUT2D eigenvalue weighted by molar-refractivity contribution is 0.669. The Hall–Kier alpha value is -5.64. The van der Waals surface area contributed by atoms with E-state index in [1.54, 1.807) is 0 Å². The summed E-state index contributed by atoms with van der Waals surface area (Å²) in [6.45, 7) is 2.20. The van der Waals surface area contributed by atoms with Gasteiger partial charge in [-0.05, 0) is 82.9 Å². The van der Waals surface area contributed by atoms with E-state index in [9.17, 15) is 0 Å². The fourth-order valence-corrected chi connectivity index (χ4v) is 7.96. The maximum absolute atomic E-state index is 6.40. The van der Waals surface area contributed by atoms with Gasteiger partial charge in [0.2, 0.25) is 0 Å². The lowest BCUT2D eigenvalue weighted by atomic mass is 9.97. The van der Waals surface area contributed by atoms with Crippen LogP contribution in [0.4, 0.5) is 17.1 Å². The number of hydrogen-bond acceptors (Lipinski definition) is 3. The molecule has 2 aromatic heterocycles. The summed E-state index contributed by atoms with van der Waals surface area (Å²) in [6.07, 6.45) is 4.47. The molecule has 0 radical (unpaired) electrons. The number of aryl methyl sites for hydroxylation is 1. The van der Waals surface area contributed by atoms with E-state index < -0.39 is 0 Å². The molecule has 0 aliphatic heterocycles. The lowest BCUT2D eigenvalue weighted by Crippen LogP contribution is -2.11. The number of benzene rings is 7. The van der Waals surface area contributed by atoms with Gasteiger partial charge in [0, 0.05) is 31.2 Å². The molecule has 0 amide bonds. The Morgan fingerprint density at radius 2 is 1.24 bits per heavy atom. The molecule has 0 aliphatic rings. The van der Waals surface area contributed by atoms with Gasteiger partial charge in [0.1, 0.15) is 11.2 Å². The standard InChI is InChI=1S/C43H29NOS/c1-28-21-23-30-24-25-31(27-35(30)32(28)26-22-29-11-3-2-4-12-29)44(36-15-9-18-39-42(36)33-13-5-7-17-38(33)45-39)37-16-10-20-41-43(37)34-14-6-8-19-40(34)46-41/h2-27H,1H3/b26-22-. The molecule has 0 saturated carbocycles. The summed E-state index contributed by atoms with van der Waals surface area (Å²) < 4.78 is 8.97. The highest BCUT2D eigenvalue weighted by Crippen LogP contribution is 2.48. The number of hydrogen-bond donors (Lipinski definition) is 0. The zero-order chi connectivity index (χ0) is 30.6. The zero-order valence-electron chi connectivity index (χ0n) is 25.3. The Balaban J connectivity index is 1.35. The van der Waals surface area contributed by atoms with Crippen LogP contribution in [-0.4, -0.2) is 0 Å². The van der Waals surface area contributed by atoms with Crippen LogP contribution in [0.1, 0.15) is 16.7 Å². The fourth-order valence-electron chi connectivity index (χ4n) is 6.84. The van der Waals surface area contributed by atoms with E-state index in [4.69, 9.17) is 4.42 Å². The van der Waals surface area contributed by atoms with E-state index in [1.807, 2.05) is 17.4 Å². The van der Waals surface area contributed by atoms with Gasteiger partial charge in [-0.1, -0.05) is 109 Å². The third-order valence-corrected chi connectivity index (χ3v) is 10.1. The number of fused-ring (bicyclic) bond motifs is 7. The quantitative estimate of drug-likeness (QED) is 0.181. The van der Waals surface area contributed by atoms with Crippen LogP contribution in [0.2, 0.25) is 0 Å². The smallest absolute Gasteiger partial charge is 0.137 e. The molecular formula is C43H29NOS. The molecule has 0 N–H and O–H groups in total. The van der Waals surface area contributed by atoms with Gasteiger partial charge in [-0.3, -0.25) is 0 Å². The third-order valence-electron chi connectivity index (χ3n) is 9.01. The van der Waals surface area contributed by atoms with Crippen LogP contribution in [0.5, 0.6) is 0 Å². The molecule has 2 heterocycles. The molecule has 9 rings (SSSR count). The Kier molecular flexibility index (Phi) is 6.25. The van der Waals surface area contributed by atoms with Crippen molar-refractivity contribution in [2.24, 2.45) is 0 Å². The first kappa shape index (κ1) is 26.7. The van der Waals surface area contributed by atoms with Crippen molar-refractivity contribution in [1.29, 1.82) is 0 Å². The van der Waals surface area contributed by atoms with Gasteiger partial charge in [0.05, 0.1) is 16.8 Å². The van der Waals surface area contributed by atoms with Crippen LogP contribution in [-0.2, 0) is 0 Å². The van der Waals surface area contributed by atoms with Crippen molar-refractivity contribution in [3.05, 3.63) is 162 Å². The molecule has 0 bridgehead atoms. The van der Waals surface area contributed by atoms with Gasteiger partial charge >= 0.3 is 0 Å². The zero-order valence-corrected chi connectivity index (χ0v) is 26.1. The van der Waals surface area contributed by atoms with E-state index in [-0.39, 0.29) is 0 Å². The van der Waals surface area contributed by atoms with Crippen molar-refractivity contribution in [1.82, 2.24) is 0 Å². The molecule has 7 aromatic carbocycles. The minimum Gasteiger partial charge on any atom is -0.456 e. The van der Waals surface area contributed by atoms with Gasteiger partial charge in [-0.2, -0.15) is 0 Å². The highest BCUT2D eigenvalue weighted by molar-refractivity contribution is 7.26. The molecule has 3 heteroatoms. The molecule has 0 spiro atoms. The molecule has 0 saturated heterocycles. The van der Waals surface area contributed by atoms with Gasteiger partial charge in [0.25, 0.3) is 0 Å². The van der Waals surface area contributed by atoms with Crippen LogP contribution < -0.4 is 4.90 Å². The van der Waals surface area contributed by atoms with E-state index >= 15 is 0 Å². The Morgan fingerprint density at radius 1 is 0.543 bits per heavy atom. The number of anilines is 3. The number of nitrogens with zero attached hydrogens (tertiary/aromatic N) is 1. The molecule has 46 heavy (non-hydrogen) atoms. The van der Waals surface area contributed by atoms with E-state index in [1.165, 1.54) is 47.6 Å². The van der Waals surface area contributed by atoms with Crippen LogP contribution in [0.3, 0.4) is 0 Å². The van der Waals surface area contributed by atoms with Crippen molar-refractivity contribution in [3.8, 4) is 0 Å². The number of para-hydroxylation sites is 1. The largest absolute Gasteiger partial charge is 0.456 e. The maximum Gasteiger partial charge on any atom is 0.137 e. The van der Waals surface area contributed by atoms with Crippen molar-refractivity contribution in [2.45, 2.75) is 6.92 Å². The second-order valence-corrected chi connectivity index (χ2v) is 12.9. The molecule has 218 valence electrons. The minimum atomic E-state index is 0.883. The number of furan rings is 1. The predicted octanol–water partition coefficient (Wildman–Crippen LogP) is 13.1. The van der Waals surface area contributed by atoms with Crippen LogP contribution in [0.25, 0.3) is 65.0 Å². The lowest BCUT2D eigenvalue weighted by Gasteiger charge is -2.28. The highest BCUT2D eigenvalue weighted by atomic mass is 32.1. The maximum atomic E-state index is 6.40. The van der Waals surface area contributed by atoms with Crippen LogP contribution in [0.15, 0.2) is 150 Å². The Labute approximate surface area is 271 Å². The molecule has 0 unspecified atom stereocenters. The minimum absolute atomic E-state index is 0.883. The normalized spacial score (nSPS) is 11.9. The molecule has 0 fully saturated rings. The Bertz CT molecular complexity index is 2490. The van der Waals surface area contributed by atoms with Crippen LogP contribution in [0, 0.1) is 6.92 Å². The first-order chi connectivity index (χ1) is 22.7. The van der Waals surface area contributed by atoms with Gasteiger partial charge in [-0.25, -0.2) is 0 Å². The van der Waals surface area contributed by atoms with Crippen molar-refractivity contribution in [3.63, 3.8) is 0 Å². The van der Waals surface area contributed by atoms with Crippen molar-refractivity contribution < 1.29 is 4.42 Å². The monoisotopic (exact) mass is 607 g/mol. The summed E-state index contributed by atoms with van der Waals surface area (Å²) in [5.74, 6) is 0. The summed E-state index contributed by atoms with van der Waals surface area (Å²) in [6, 6.07) is 52.1. The average Bonchev–Trinajstić information content (AvgIpc) is 3.68. The first-order valence-corrected chi connectivity index (χ1v) is 16.4. The predicted molar refractivity (Wildman–Crippen MR) is 199 cm³/mol. The summed E-state index contributed by atoms with van der Waals surface area (Å²) in [5.41, 5.74) is 8.80. The number of rotatable bonds is 5. The first-order valence-electron chi connectivity index (χ1n) is 15.6. The molecular weight excluding hydrogens is 579 g/mol. The van der Waals surface area contributed by atoms with Crippen molar-refractivity contribution >= 4 is 93.4 Å². The molecule has 2 nitrogen and oxygen atoms in total. The Morgan fingerprint density at radius 3 is 2.13 bits per heavy atom. The van der Waals surface area contributed by atoms with E-state index in [0.29, 0.717) is 0 Å². The van der Waals surface area contributed by atoms with E-state index in [0.717, 1.165) is 39.0 Å². The summed E-state index contributed by atoms with van der Waals surface area (Å²) in [7, 11) is 0. The van der Waals surface area contributed by atoms with E-state index in [2.05, 4.69) is 164 Å². The number of thiophene rings is 1. The van der Waals surface area contributed by atoms with Crippen molar-refractivity contribution in [2.75, 3.05) is 4.90 Å². The molecule has 0 aliphatic carbocycles. The SMILES string of the molecule is Cc1ccc2ccc(N(c3cccc4oc5ccccc5c34)c3cccc4sc5ccccc5c34)cc2c1/C=C\c1ccccc1. The third kappa shape index (κ3) is 4.32. The average molecular weight is 608 g/mol. The summed E-state index contributed by atoms with van der Waals surface area (Å²) in [5, 5.41) is 7.21. The second-order valence-electron chi connectivity index (χ2n) is 11.8. The highest BCUT2D eigenvalue weighted by Gasteiger charge is 2.23. The van der Waals surface area contributed by atoms with Gasteiger partial charge in [0.15, 0.2) is 0 Å². The van der Waals surface area contributed by atoms with Crippen LogP contribution >= 0.6 is 11.3 Å². The summed E-state index contributed by atoms with van der Waals surface area (Å²) >= 11 is 1.85. The van der Waals surface area contributed by atoms with Gasteiger partial charge < -0.3 is 9.32 Å². The van der Waals surface area contributed by atoms with Gasteiger partial charge in [-0.15, -0.1) is 11.3 Å². The topological polar surface area (TPSA) is 16.4 Å². The fraction of sp³-hybridized carbons (Fsp3) is 0.0233. The molecule has 0 atom stereocenters. The second kappa shape index (κ2) is 10.8. The molecule has 9 aromatic rings. The summed E-state index contributed by atoms with van der Waals surface area (Å²) in [4.78, 5) is 2.44.